The second-order valence-electron chi connectivity index (χ2n) is 3.80. The molecule has 0 amide bonds. The summed E-state index contributed by atoms with van der Waals surface area (Å²) < 4.78 is 5.75. The van der Waals surface area contributed by atoms with E-state index in [2.05, 4.69) is 19.2 Å². The smallest absolute Gasteiger partial charge is 0.127 e. The van der Waals surface area contributed by atoms with E-state index in [-0.39, 0.29) is 0 Å². The summed E-state index contributed by atoms with van der Waals surface area (Å²) in [5.74, 6) is 1.65. The van der Waals surface area contributed by atoms with Crippen LogP contribution >= 0.6 is 11.8 Å². The lowest BCUT2D eigenvalue weighted by molar-refractivity contribution is 0.482. The summed E-state index contributed by atoms with van der Waals surface area (Å²) in [6, 6.07) is 13.5. The highest BCUT2D eigenvalue weighted by atomic mass is 32.2. The van der Waals surface area contributed by atoms with Crippen LogP contribution in [-0.4, -0.2) is 6.26 Å². The van der Waals surface area contributed by atoms with Gasteiger partial charge in [0.1, 0.15) is 11.5 Å². The molecule has 0 aliphatic carbocycles. The van der Waals surface area contributed by atoms with Crippen molar-refractivity contribution in [2.75, 3.05) is 12.0 Å². The average Bonchev–Trinajstić information content (AvgIpc) is 2.32. The molecule has 0 bridgehead atoms. The molecule has 0 spiro atoms. The maximum atomic E-state index is 5.75. The third-order valence-corrected chi connectivity index (χ3v) is 3.38. The minimum atomic E-state index is 0.742. The predicted octanol–water partition coefficient (Wildman–Crippen LogP) is 4.09. The first kappa shape index (κ1) is 11.9. The first-order valence-corrected chi connectivity index (χ1v) is 6.59. The molecule has 2 aromatic carbocycles. The van der Waals surface area contributed by atoms with Crippen LogP contribution in [0, 0.1) is 6.92 Å². The van der Waals surface area contributed by atoms with Gasteiger partial charge in [-0.05, 0) is 61.2 Å². The van der Waals surface area contributed by atoms with Crippen LogP contribution in [0.1, 0.15) is 5.56 Å². The summed E-state index contributed by atoms with van der Waals surface area (Å²) in [5.41, 5.74) is 7.59. The Bertz CT molecular complexity index is 508. The van der Waals surface area contributed by atoms with Gasteiger partial charge >= 0.3 is 0 Å². The van der Waals surface area contributed by atoms with Crippen molar-refractivity contribution in [3.8, 4) is 11.5 Å². The Labute approximate surface area is 106 Å². The van der Waals surface area contributed by atoms with Crippen molar-refractivity contribution in [2.24, 2.45) is 0 Å². The molecule has 17 heavy (non-hydrogen) atoms. The Hall–Kier alpha value is -1.61. The number of thioether (sulfide) groups is 1. The summed E-state index contributed by atoms with van der Waals surface area (Å²) in [5, 5.41) is 0. The summed E-state index contributed by atoms with van der Waals surface area (Å²) in [7, 11) is 0. The van der Waals surface area contributed by atoms with Crippen LogP contribution in [0.2, 0.25) is 0 Å². The van der Waals surface area contributed by atoms with Crippen molar-refractivity contribution in [1.82, 2.24) is 0 Å². The van der Waals surface area contributed by atoms with Gasteiger partial charge in [0.2, 0.25) is 0 Å². The summed E-state index contributed by atoms with van der Waals surface area (Å²) in [6.07, 6.45) is 2.07. The van der Waals surface area contributed by atoms with E-state index in [1.807, 2.05) is 36.4 Å². The standard InChI is InChI=1S/C14H15NOS/c1-10-9-13(7-8-14(10)17-2)16-12-5-3-11(15)4-6-12/h3-9H,15H2,1-2H3. The van der Waals surface area contributed by atoms with Crippen molar-refractivity contribution in [3.63, 3.8) is 0 Å². The lowest BCUT2D eigenvalue weighted by Gasteiger charge is -2.08. The zero-order valence-corrected chi connectivity index (χ0v) is 10.8. The van der Waals surface area contributed by atoms with Gasteiger partial charge in [-0.2, -0.15) is 0 Å². The van der Waals surface area contributed by atoms with Crippen LogP contribution in [0.5, 0.6) is 11.5 Å². The number of aryl methyl sites for hydroxylation is 1. The average molecular weight is 245 g/mol. The van der Waals surface area contributed by atoms with E-state index >= 15 is 0 Å². The fourth-order valence-corrected chi connectivity index (χ4v) is 2.17. The number of benzene rings is 2. The number of anilines is 1. The molecule has 0 saturated heterocycles. The molecule has 2 nitrogen and oxygen atoms in total. The van der Waals surface area contributed by atoms with Gasteiger partial charge in [-0.15, -0.1) is 11.8 Å². The quantitative estimate of drug-likeness (QED) is 0.653. The van der Waals surface area contributed by atoms with Gasteiger partial charge in [0.15, 0.2) is 0 Å². The van der Waals surface area contributed by atoms with Gasteiger partial charge in [0, 0.05) is 10.6 Å². The van der Waals surface area contributed by atoms with Crippen LogP contribution in [-0.2, 0) is 0 Å². The molecule has 2 aromatic rings. The third-order valence-electron chi connectivity index (χ3n) is 2.48. The molecule has 0 aromatic heterocycles. The van der Waals surface area contributed by atoms with E-state index in [0.717, 1.165) is 17.2 Å². The molecule has 0 fully saturated rings. The fraction of sp³-hybridized carbons (Fsp3) is 0.143. The highest BCUT2D eigenvalue weighted by Crippen LogP contribution is 2.27. The summed E-state index contributed by atoms with van der Waals surface area (Å²) >= 11 is 1.74. The number of ether oxygens (including phenoxy) is 1. The van der Waals surface area contributed by atoms with Crippen molar-refractivity contribution >= 4 is 17.4 Å². The Kier molecular flexibility index (Phi) is 3.59. The van der Waals surface area contributed by atoms with E-state index in [1.165, 1.54) is 10.5 Å². The molecular formula is C14H15NOS. The Morgan fingerprint density at radius 1 is 1.00 bits per heavy atom. The van der Waals surface area contributed by atoms with E-state index < -0.39 is 0 Å². The van der Waals surface area contributed by atoms with Crippen LogP contribution in [0.3, 0.4) is 0 Å². The second kappa shape index (κ2) is 5.15. The largest absolute Gasteiger partial charge is 0.457 e. The lowest BCUT2D eigenvalue weighted by atomic mass is 10.2. The molecule has 3 heteroatoms. The molecule has 0 atom stereocenters. The number of hydrogen-bond acceptors (Lipinski definition) is 3. The fourth-order valence-electron chi connectivity index (χ4n) is 1.59. The minimum absolute atomic E-state index is 0.742. The van der Waals surface area contributed by atoms with Crippen molar-refractivity contribution in [2.45, 2.75) is 11.8 Å². The topological polar surface area (TPSA) is 35.2 Å². The SMILES string of the molecule is CSc1ccc(Oc2ccc(N)cc2)cc1C. The van der Waals surface area contributed by atoms with E-state index in [0.29, 0.717) is 0 Å². The molecular weight excluding hydrogens is 230 g/mol. The highest BCUT2D eigenvalue weighted by Gasteiger charge is 2.01. The zero-order chi connectivity index (χ0) is 12.3. The van der Waals surface area contributed by atoms with Crippen LogP contribution in [0.25, 0.3) is 0 Å². The van der Waals surface area contributed by atoms with E-state index in [1.54, 1.807) is 11.8 Å². The Balaban J connectivity index is 2.19. The van der Waals surface area contributed by atoms with Gasteiger partial charge in [0.25, 0.3) is 0 Å². The van der Waals surface area contributed by atoms with Gasteiger partial charge in [-0.25, -0.2) is 0 Å². The molecule has 2 rings (SSSR count). The molecule has 0 saturated carbocycles. The predicted molar refractivity (Wildman–Crippen MR) is 73.9 cm³/mol. The van der Waals surface area contributed by atoms with Crippen molar-refractivity contribution in [1.29, 1.82) is 0 Å². The lowest BCUT2D eigenvalue weighted by Crippen LogP contribution is -1.88. The second-order valence-corrected chi connectivity index (χ2v) is 4.65. The van der Waals surface area contributed by atoms with Gasteiger partial charge in [-0.3, -0.25) is 0 Å². The molecule has 88 valence electrons. The van der Waals surface area contributed by atoms with Gasteiger partial charge in [-0.1, -0.05) is 0 Å². The van der Waals surface area contributed by atoms with Crippen LogP contribution < -0.4 is 10.5 Å². The monoisotopic (exact) mass is 245 g/mol. The molecule has 0 aliphatic heterocycles. The summed E-state index contributed by atoms with van der Waals surface area (Å²) in [6.45, 7) is 2.08. The van der Waals surface area contributed by atoms with Crippen molar-refractivity contribution < 1.29 is 4.74 Å². The highest BCUT2D eigenvalue weighted by molar-refractivity contribution is 7.98. The van der Waals surface area contributed by atoms with Crippen LogP contribution in [0.15, 0.2) is 47.4 Å². The number of nitrogen functional groups attached to an aromatic ring is 1. The first-order chi connectivity index (χ1) is 8.19. The molecule has 0 unspecified atom stereocenters. The minimum Gasteiger partial charge on any atom is -0.457 e. The van der Waals surface area contributed by atoms with Crippen molar-refractivity contribution in [3.05, 3.63) is 48.0 Å². The third kappa shape index (κ3) is 2.94. The summed E-state index contributed by atoms with van der Waals surface area (Å²) in [4.78, 5) is 1.27. The van der Waals surface area contributed by atoms with Crippen LogP contribution in [0.4, 0.5) is 5.69 Å². The molecule has 0 radical (unpaired) electrons. The molecule has 0 heterocycles. The number of nitrogens with two attached hydrogens (primary N) is 1. The van der Waals surface area contributed by atoms with Gasteiger partial charge in [0.05, 0.1) is 0 Å². The van der Waals surface area contributed by atoms with Gasteiger partial charge < -0.3 is 10.5 Å². The Morgan fingerprint density at radius 2 is 1.65 bits per heavy atom. The number of hydrogen-bond donors (Lipinski definition) is 1. The number of rotatable bonds is 3. The maximum absolute atomic E-state index is 5.75. The first-order valence-electron chi connectivity index (χ1n) is 5.37. The molecule has 0 aliphatic rings. The van der Waals surface area contributed by atoms with E-state index in [9.17, 15) is 0 Å². The maximum Gasteiger partial charge on any atom is 0.127 e. The van der Waals surface area contributed by atoms with E-state index in [4.69, 9.17) is 10.5 Å². The molecule has 2 N–H and O–H groups in total. The zero-order valence-electron chi connectivity index (χ0n) is 9.94. The Morgan fingerprint density at radius 3 is 2.24 bits per heavy atom. The normalized spacial score (nSPS) is 10.2.